The molecule has 0 aliphatic rings. The normalized spacial score (nSPS) is 12.6. The molecule has 64 heavy (non-hydrogen) atoms. The quantitative estimate of drug-likeness (QED) is 0.0199. The van der Waals surface area contributed by atoms with Crippen molar-refractivity contribution >= 4 is 17.9 Å². The van der Waals surface area contributed by atoms with Crippen LogP contribution in [-0.2, 0) is 28.6 Å². The van der Waals surface area contributed by atoms with Crippen LogP contribution in [0.25, 0.3) is 0 Å². The van der Waals surface area contributed by atoms with Crippen LogP contribution in [0.15, 0.2) is 72.9 Å². The fourth-order valence-electron chi connectivity index (χ4n) is 7.41. The van der Waals surface area contributed by atoms with Gasteiger partial charge in [0.25, 0.3) is 0 Å². The number of carbonyl (C=O) groups is 3. The first-order valence-corrected chi connectivity index (χ1v) is 27.0. The van der Waals surface area contributed by atoms with Crippen molar-refractivity contribution in [2.75, 3.05) is 13.2 Å². The Morgan fingerprint density at radius 2 is 0.672 bits per heavy atom. The lowest BCUT2D eigenvalue weighted by molar-refractivity contribution is -0.167. The van der Waals surface area contributed by atoms with E-state index < -0.39 is 6.10 Å². The Kier molecular flexibility index (Phi) is 49.9. The second kappa shape index (κ2) is 52.5. The Morgan fingerprint density at radius 1 is 0.344 bits per heavy atom. The second-order valence-electron chi connectivity index (χ2n) is 17.8. The van der Waals surface area contributed by atoms with Crippen LogP contribution in [0.1, 0.15) is 258 Å². The lowest BCUT2D eigenvalue weighted by Crippen LogP contribution is -2.30. The van der Waals surface area contributed by atoms with E-state index in [9.17, 15) is 14.4 Å². The molecule has 368 valence electrons. The van der Waals surface area contributed by atoms with Crippen molar-refractivity contribution in [3.63, 3.8) is 0 Å². The van der Waals surface area contributed by atoms with Crippen LogP contribution < -0.4 is 0 Å². The Morgan fingerprint density at radius 3 is 1.11 bits per heavy atom. The Balaban J connectivity index is 4.42. The summed E-state index contributed by atoms with van der Waals surface area (Å²) in [6.45, 7) is 6.45. The van der Waals surface area contributed by atoms with E-state index in [0.29, 0.717) is 19.3 Å². The summed E-state index contributed by atoms with van der Waals surface area (Å²) < 4.78 is 16.8. The van der Waals surface area contributed by atoms with E-state index in [4.69, 9.17) is 14.2 Å². The van der Waals surface area contributed by atoms with Crippen LogP contribution in [0.2, 0.25) is 0 Å². The number of esters is 3. The summed E-state index contributed by atoms with van der Waals surface area (Å²) in [4.78, 5) is 38.0. The molecule has 0 saturated heterocycles. The molecule has 0 aliphatic heterocycles. The molecule has 0 aromatic rings. The van der Waals surface area contributed by atoms with Crippen LogP contribution in [-0.4, -0.2) is 37.2 Å². The number of hydrogen-bond donors (Lipinski definition) is 0. The number of ether oxygens (including phenoxy) is 3. The van der Waals surface area contributed by atoms with Gasteiger partial charge in [0, 0.05) is 19.3 Å². The number of carbonyl (C=O) groups excluding carboxylic acids is 3. The number of hydrogen-bond acceptors (Lipinski definition) is 6. The fraction of sp³-hybridized carbons (Fsp3) is 0.741. The average molecular weight is 893 g/mol. The summed E-state index contributed by atoms with van der Waals surface area (Å²) in [6, 6.07) is 0. The first kappa shape index (κ1) is 60.9. The van der Waals surface area contributed by atoms with E-state index in [2.05, 4.69) is 93.7 Å². The monoisotopic (exact) mass is 893 g/mol. The maximum absolute atomic E-state index is 12.8. The van der Waals surface area contributed by atoms with E-state index in [-0.39, 0.29) is 31.1 Å². The molecule has 0 fully saturated rings. The molecule has 1 unspecified atom stereocenters. The minimum Gasteiger partial charge on any atom is -0.462 e. The summed E-state index contributed by atoms with van der Waals surface area (Å²) in [7, 11) is 0. The molecule has 0 aromatic carbocycles. The summed E-state index contributed by atoms with van der Waals surface area (Å²) >= 11 is 0. The van der Waals surface area contributed by atoms with Gasteiger partial charge in [-0.1, -0.05) is 216 Å². The van der Waals surface area contributed by atoms with Gasteiger partial charge in [0.1, 0.15) is 13.2 Å². The van der Waals surface area contributed by atoms with Gasteiger partial charge >= 0.3 is 17.9 Å². The molecule has 0 saturated carbocycles. The molecular formula is C58H100O6. The van der Waals surface area contributed by atoms with Crippen molar-refractivity contribution in [1.82, 2.24) is 0 Å². The number of allylic oxidation sites excluding steroid dienone is 12. The first-order chi connectivity index (χ1) is 31.5. The molecule has 1 atom stereocenters. The molecule has 0 radical (unpaired) electrons. The number of rotatable bonds is 48. The summed E-state index contributed by atoms with van der Waals surface area (Å²) in [5.74, 6) is -0.922. The van der Waals surface area contributed by atoms with Gasteiger partial charge < -0.3 is 14.2 Å². The van der Waals surface area contributed by atoms with E-state index in [1.807, 2.05) is 0 Å². The van der Waals surface area contributed by atoms with Crippen molar-refractivity contribution in [2.45, 2.75) is 264 Å². The van der Waals surface area contributed by atoms with Gasteiger partial charge in [0.2, 0.25) is 0 Å². The highest BCUT2D eigenvalue weighted by Crippen LogP contribution is 2.14. The van der Waals surface area contributed by atoms with Crippen molar-refractivity contribution in [2.24, 2.45) is 0 Å². The molecule has 6 heteroatoms. The minimum absolute atomic E-state index is 0.0896. The van der Waals surface area contributed by atoms with Gasteiger partial charge in [0.15, 0.2) is 6.10 Å². The van der Waals surface area contributed by atoms with Crippen molar-refractivity contribution in [3.8, 4) is 0 Å². The predicted octanol–water partition coefficient (Wildman–Crippen LogP) is 17.8. The van der Waals surface area contributed by atoms with Gasteiger partial charge in [-0.05, 0) is 96.3 Å². The molecule has 0 amide bonds. The smallest absolute Gasteiger partial charge is 0.306 e. The van der Waals surface area contributed by atoms with E-state index in [0.717, 1.165) is 109 Å². The predicted molar refractivity (Wildman–Crippen MR) is 274 cm³/mol. The van der Waals surface area contributed by atoms with Crippen molar-refractivity contribution in [3.05, 3.63) is 72.9 Å². The maximum Gasteiger partial charge on any atom is 0.306 e. The second-order valence-corrected chi connectivity index (χ2v) is 17.8. The number of unbranched alkanes of at least 4 members (excludes halogenated alkanes) is 27. The Hall–Kier alpha value is -3.15. The van der Waals surface area contributed by atoms with Crippen LogP contribution in [0.4, 0.5) is 0 Å². The third kappa shape index (κ3) is 49.9. The fourth-order valence-corrected chi connectivity index (χ4v) is 7.41. The molecule has 0 spiro atoms. The van der Waals surface area contributed by atoms with E-state index >= 15 is 0 Å². The zero-order chi connectivity index (χ0) is 46.5. The van der Waals surface area contributed by atoms with E-state index in [1.54, 1.807) is 0 Å². The molecule has 0 rings (SSSR count). The van der Waals surface area contributed by atoms with Gasteiger partial charge in [-0.2, -0.15) is 0 Å². The summed E-state index contributed by atoms with van der Waals surface area (Å²) in [6.07, 6.45) is 66.0. The maximum atomic E-state index is 12.8. The Bertz CT molecular complexity index is 1210. The van der Waals surface area contributed by atoms with Gasteiger partial charge in [-0.3, -0.25) is 14.4 Å². The van der Waals surface area contributed by atoms with Crippen molar-refractivity contribution in [1.29, 1.82) is 0 Å². The third-order valence-electron chi connectivity index (χ3n) is 11.5. The van der Waals surface area contributed by atoms with Crippen LogP contribution in [0.5, 0.6) is 0 Å². The van der Waals surface area contributed by atoms with E-state index in [1.165, 1.54) is 109 Å². The lowest BCUT2D eigenvalue weighted by atomic mass is 10.1. The Labute approximate surface area is 395 Å². The minimum atomic E-state index is -0.791. The van der Waals surface area contributed by atoms with Crippen molar-refractivity contribution < 1.29 is 28.6 Å². The average Bonchev–Trinajstić information content (AvgIpc) is 3.29. The zero-order valence-corrected chi connectivity index (χ0v) is 42.0. The van der Waals surface area contributed by atoms with Crippen LogP contribution >= 0.6 is 0 Å². The third-order valence-corrected chi connectivity index (χ3v) is 11.5. The zero-order valence-electron chi connectivity index (χ0n) is 42.0. The molecule has 0 heterocycles. The molecular weight excluding hydrogens is 793 g/mol. The molecule has 0 aromatic heterocycles. The molecule has 0 N–H and O–H groups in total. The highest BCUT2D eigenvalue weighted by molar-refractivity contribution is 5.71. The lowest BCUT2D eigenvalue weighted by Gasteiger charge is -2.18. The highest BCUT2D eigenvalue weighted by Gasteiger charge is 2.19. The SMILES string of the molecule is CC/C=C/C=C/C=C/CCCCCCCC(=O)OCC(COC(=O)CCCCCCCCC/C=C/C/C=C/CCCCC)OC(=O)CCCCCCC/C=C/CCCCCCCCC. The molecule has 0 aliphatic carbocycles. The highest BCUT2D eigenvalue weighted by atomic mass is 16.6. The first-order valence-electron chi connectivity index (χ1n) is 27.0. The topological polar surface area (TPSA) is 78.9 Å². The summed E-state index contributed by atoms with van der Waals surface area (Å²) in [5, 5.41) is 0. The standard InChI is InChI=1S/C58H100O6/c1-4-7-10-13-16-19-22-25-27-29-31-33-36-39-42-45-48-51-57(60)63-54-55(53-62-56(59)50-47-44-41-38-35-32-24-21-18-15-12-9-6-3)64-58(61)52-49-46-43-40-37-34-30-28-26-23-20-17-14-11-8-5-2/h9,12,15-16,18-19,21,24-25,27-28,30,55H,4-8,10-11,13-14,17,20,22-23,26,29,31-54H2,1-3H3/b12-9+,18-15+,19-16+,24-21+,27-25+,30-28+. The summed E-state index contributed by atoms with van der Waals surface area (Å²) in [5.41, 5.74) is 0. The van der Waals surface area contributed by atoms with Gasteiger partial charge in [0.05, 0.1) is 0 Å². The molecule has 6 nitrogen and oxygen atoms in total. The molecule has 0 bridgehead atoms. The van der Waals surface area contributed by atoms with Gasteiger partial charge in [-0.15, -0.1) is 0 Å². The largest absolute Gasteiger partial charge is 0.462 e. The van der Waals surface area contributed by atoms with Gasteiger partial charge in [-0.25, -0.2) is 0 Å². The van der Waals surface area contributed by atoms with Crippen LogP contribution in [0.3, 0.4) is 0 Å². The van der Waals surface area contributed by atoms with Crippen LogP contribution in [0, 0.1) is 0 Å².